The molecule has 0 radical (unpaired) electrons. The zero-order chi connectivity index (χ0) is 16.2. The lowest BCUT2D eigenvalue weighted by atomic mass is 10.1. The summed E-state index contributed by atoms with van der Waals surface area (Å²) in [6.07, 6.45) is 4.43. The molecule has 122 valence electrons. The number of benzene rings is 1. The van der Waals surface area contributed by atoms with E-state index in [1.165, 1.54) is 5.56 Å². The zero-order valence-corrected chi connectivity index (χ0v) is 14.0. The fraction of sp³-hybridized carbons (Fsp3) is 0.278. The summed E-state index contributed by atoms with van der Waals surface area (Å²) >= 11 is 1.64. The molecule has 1 fully saturated rings. The minimum absolute atomic E-state index is 0.0197. The lowest BCUT2D eigenvalue weighted by Gasteiger charge is -2.32. The average Bonchev–Trinajstić information content (AvgIpc) is 3.18. The van der Waals surface area contributed by atoms with E-state index in [2.05, 4.69) is 27.0 Å². The fourth-order valence-electron chi connectivity index (χ4n) is 2.83. The van der Waals surface area contributed by atoms with E-state index >= 15 is 0 Å². The molecule has 0 N–H and O–H groups in total. The van der Waals surface area contributed by atoms with Crippen molar-refractivity contribution in [1.29, 1.82) is 0 Å². The van der Waals surface area contributed by atoms with Gasteiger partial charge in [0.15, 0.2) is 0 Å². The Kier molecular flexibility index (Phi) is 4.49. The number of anilines is 1. The summed E-state index contributed by atoms with van der Waals surface area (Å²) in [4.78, 5) is 15.8. The van der Waals surface area contributed by atoms with Crippen molar-refractivity contribution < 1.29 is 4.74 Å². The lowest BCUT2D eigenvalue weighted by Crippen LogP contribution is -2.39. The summed E-state index contributed by atoms with van der Waals surface area (Å²) < 4.78 is 5.86. The molecule has 0 saturated carbocycles. The molecule has 5 nitrogen and oxygen atoms in total. The maximum atomic E-state index is 5.86. The summed E-state index contributed by atoms with van der Waals surface area (Å²) in [6, 6.07) is 12.3. The van der Waals surface area contributed by atoms with E-state index in [1.807, 2.05) is 42.0 Å². The largest absolute Gasteiger partial charge is 0.367 e. The monoisotopic (exact) mass is 338 g/mol. The molecule has 3 aromatic rings. The highest BCUT2D eigenvalue weighted by atomic mass is 32.1. The second-order valence-electron chi connectivity index (χ2n) is 5.67. The molecule has 3 heterocycles. The third-order valence-corrected chi connectivity index (χ3v) is 4.88. The predicted molar refractivity (Wildman–Crippen MR) is 94.3 cm³/mol. The quantitative estimate of drug-likeness (QED) is 0.732. The number of morpholine rings is 1. The second kappa shape index (κ2) is 7.07. The van der Waals surface area contributed by atoms with Gasteiger partial charge >= 0.3 is 0 Å². The van der Waals surface area contributed by atoms with Gasteiger partial charge in [-0.3, -0.25) is 0 Å². The molecule has 0 bridgehead atoms. The SMILES string of the molecule is c1ccc(Cc2nccc(N3CCOC(c4nccs4)C3)n2)cc1. The highest BCUT2D eigenvalue weighted by Gasteiger charge is 2.24. The molecule has 1 aliphatic rings. The van der Waals surface area contributed by atoms with Crippen molar-refractivity contribution in [3.63, 3.8) is 0 Å². The first-order valence-corrected chi connectivity index (χ1v) is 8.88. The van der Waals surface area contributed by atoms with Crippen LogP contribution in [-0.2, 0) is 11.2 Å². The number of thiazole rings is 1. The molecule has 0 amide bonds. The van der Waals surface area contributed by atoms with Gasteiger partial charge < -0.3 is 9.64 Å². The molecule has 1 unspecified atom stereocenters. The maximum absolute atomic E-state index is 5.86. The minimum atomic E-state index is 0.0197. The van der Waals surface area contributed by atoms with Gasteiger partial charge in [-0.2, -0.15) is 0 Å². The maximum Gasteiger partial charge on any atom is 0.135 e. The van der Waals surface area contributed by atoms with Crippen molar-refractivity contribution in [2.24, 2.45) is 0 Å². The van der Waals surface area contributed by atoms with Gasteiger partial charge in [0.05, 0.1) is 13.2 Å². The van der Waals surface area contributed by atoms with Crippen LogP contribution in [0.5, 0.6) is 0 Å². The number of hydrogen-bond acceptors (Lipinski definition) is 6. The van der Waals surface area contributed by atoms with Crippen molar-refractivity contribution in [3.05, 3.63) is 70.6 Å². The first-order valence-electron chi connectivity index (χ1n) is 8.00. The average molecular weight is 338 g/mol. The number of hydrogen-bond donors (Lipinski definition) is 0. The number of aromatic nitrogens is 3. The van der Waals surface area contributed by atoms with Crippen molar-refractivity contribution in [3.8, 4) is 0 Å². The van der Waals surface area contributed by atoms with Crippen LogP contribution in [0.3, 0.4) is 0 Å². The Labute approximate surface area is 145 Å². The molecule has 2 aromatic heterocycles. The Morgan fingerprint density at radius 1 is 1.12 bits per heavy atom. The predicted octanol–water partition coefficient (Wildman–Crippen LogP) is 3.10. The highest BCUT2D eigenvalue weighted by Crippen LogP contribution is 2.26. The van der Waals surface area contributed by atoms with E-state index in [4.69, 9.17) is 9.72 Å². The molecule has 4 rings (SSSR count). The number of nitrogens with zero attached hydrogens (tertiary/aromatic N) is 4. The molecule has 1 saturated heterocycles. The Hall–Kier alpha value is -2.31. The van der Waals surface area contributed by atoms with Crippen molar-refractivity contribution >= 4 is 17.2 Å². The molecule has 1 aromatic carbocycles. The second-order valence-corrected chi connectivity index (χ2v) is 6.60. The topological polar surface area (TPSA) is 51.1 Å². The Balaban J connectivity index is 1.50. The van der Waals surface area contributed by atoms with Gasteiger partial charge in [-0.25, -0.2) is 15.0 Å². The van der Waals surface area contributed by atoms with Crippen LogP contribution in [0, 0.1) is 0 Å². The number of rotatable bonds is 4. The van der Waals surface area contributed by atoms with Gasteiger partial charge in [0, 0.05) is 30.7 Å². The van der Waals surface area contributed by atoms with Gasteiger partial charge in [-0.15, -0.1) is 11.3 Å². The molecule has 1 atom stereocenters. The van der Waals surface area contributed by atoms with Crippen molar-refractivity contribution in [2.45, 2.75) is 12.5 Å². The van der Waals surface area contributed by atoms with Crippen LogP contribution in [0.15, 0.2) is 54.2 Å². The Morgan fingerprint density at radius 2 is 2.04 bits per heavy atom. The molecule has 24 heavy (non-hydrogen) atoms. The van der Waals surface area contributed by atoms with E-state index in [-0.39, 0.29) is 6.10 Å². The van der Waals surface area contributed by atoms with E-state index in [1.54, 1.807) is 11.3 Å². The van der Waals surface area contributed by atoms with Gasteiger partial charge in [0.1, 0.15) is 22.8 Å². The molecule has 0 spiro atoms. The number of ether oxygens (including phenoxy) is 1. The van der Waals surface area contributed by atoms with Crippen LogP contribution in [0.4, 0.5) is 5.82 Å². The van der Waals surface area contributed by atoms with Crippen LogP contribution in [0.2, 0.25) is 0 Å². The smallest absolute Gasteiger partial charge is 0.135 e. The van der Waals surface area contributed by atoms with Crippen LogP contribution in [-0.4, -0.2) is 34.6 Å². The zero-order valence-electron chi connectivity index (χ0n) is 13.2. The first-order chi connectivity index (χ1) is 11.9. The third-order valence-electron chi connectivity index (χ3n) is 4.01. The summed E-state index contributed by atoms with van der Waals surface area (Å²) in [5, 5.41) is 3.01. The standard InChI is InChI=1S/C18H18N4OS/c1-2-4-14(5-3-1)12-16-19-7-6-17(21-16)22-9-10-23-15(13-22)18-20-8-11-24-18/h1-8,11,15H,9-10,12-13H2. The van der Waals surface area contributed by atoms with Crippen LogP contribution in [0.1, 0.15) is 22.5 Å². The van der Waals surface area contributed by atoms with Crippen molar-refractivity contribution in [1.82, 2.24) is 15.0 Å². The van der Waals surface area contributed by atoms with E-state index in [9.17, 15) is 0 Å². The Bertz CT molecular complexity index is 779. The molecule has 6 heteroatoms. The van der Waals surface area contributed by atoms with E-state index in [0.717, 1.165) is 36.2 Å². The lowest BCUT2D eigenvalue weighted by molar-refractivity contribution is 0.0393. The first kappa shape index (κ1) is 15.2. The third kappa shape index (κ3) is 3.44. The Morgan fingerprint density at radius 3 is 2.88 bits per heavy atom. The van der Waals surface area contributed by atoms with Gasteiger partial charge in [-0.05, 0) is 11.6 Å². The normalized spacial score (nSPS) is 17.8. The summed E-state index contributed by atoms with van der Waals surface area (Å²) in [7, 11) is 0. The van der Waals surface area contributed by atoms with Crippen LogP contribution in [0.25, 0.3) is 0 Å². The van der Waals surface area contributed by atoms with E-state index in [0.29, 0.717) is 6.61 Å². The van der Waals surface area contributed by atoms with Crippen molar-refractivity contribution in [2.75, 3.05) is 24.6 Å². The molecule has 0 aliphatic carbocycles. The summed E-state index contributed by atoms with van der Waals surface area (Å²) in [6.45, 7) is 2.29. The highest BCUT2D eigenvalue weighted by molar-refractivity contribution is 7.09. The van der Waals surface area contributed by atoms with Gasteiger partial charge in [-0.1, -0.05) is 30.3 Å². The molecular weight excluding hydrogens is 320 g/mol. The summed E-state index contributed by atoms with van der Waals surface area (Å²) in [5.41, 5.74) is 1.22. The van der Waals surface area contributed by atoms with Crippen LogP contribution >= 0.6 is 11.3 Å². The molecular formula is C18H18N4OS. The molecule has 1 aliphatic heterocycles. The minimum Gasteiger partial charge on any atom is -0.367 e. The van der Waals surface area contributed by atoms with Gasteiger partial charge in [0.2, 0.25) is 0 Å². The van der Waals surface area contributed by atoms with E-state index < -0.39 is 0 Å². The van der Waals surface area contributed by atoms with Gasteiger partial charge in [0.25, 0.3) is 0 Å². The van der Waals surface area contributed by atoms with Crippen LogP contribution < -0.4 is 4.90 Å². The summed E-state index contributed by atoms with van der Waals surface area (Å²) in [5.74, 6) is 1.80. The fourth-order valence-corrected chi connectivity index (χ4v) is 3.51.